The van der Waals surface area contributed by atoms with Crippen molar-refractivity contribution in [3.05, 3.63) is 18.0 Å². The van der Waals surface area contributed by atoms with Crippen molar-refractivity contribution in [1.29, 1.82) is 0 Å². The van der Waals surface area contributed by atoms with Crippen LogP contribution >= 0.6 is 0 Å². The van der Waals surface area contributed by atoms with Crippen molar-refractivity contribution in [2.24, 2.45) is 7.05 Å². The van der Waals surface area contributed by atoms with Gasteiger partial charge in [-0.05, 0) is 19.4 Å². The van der Waals surface area contributed by atoms with E-state index in [1.807, 2.05) is 17.9 Å². The van der Waals surface area contributed by atoms with Crippen LogP contribution in [0.5, 0.6) is 0 Å². The van der Waals surface area contributed by atoms with Crippen LogP contribution in [0.1, 0.15) is 45.2 Å². The van der Waals surface area contributed by atoms with Crippen molar-refractivity contribution in [3.63, 3.8) is 0 Å². The van der Waals surface area contributed by atoms with Gasteiger partial charge < -0.3 is 5.32 Å². The summed E-state index contributed by atoms with van der Waals surface area (Å²) < 4.78 is 1.92. The van der Waals surface area contributed by atoms with Gasteiger partial charge in [-0.15, -0.1) is 0 Å². The zero-order valence-corrected chi connectivity index (χ0v) is 10.2. The van der Waals surface area contributed by atoms with Gasteiger partial charge in [0, 0.05) is 25.8 Å². The third kappa shape index (κ3) is 4.47. The van der Waals surface area contributed by atoms with Gasteiger partial charge in [-0.1, -0.05) is 26.2 Å². The Hall–Kier alpha value is -0.830. The van der Waals surface area contributed by atoms with E-state index in [4.69, 9.17) is 0 Å². The van der Waals surface area contributed by atoms with Gasteiger partial charge in [0.1, 0.15) is 0 Å². The first-order valence-electron chi connectivity index (χ1n) is 5.94. The van der Waals surface area contributed by atoms with Gasteiger partial charge in [-0.25, -0.2) is 0 Å². The summed E-state index contributed by atoms with van der Waals surface area (Å²) in [5.74, 6) is 0. The highest BCUT2D eigenvalue weighted by molar-refractivity contribution is 4.99. The molecule has 1 heterocycles. The fraction of sp³-hybridized carbons (Fsp3) is 0.750. The molecule has 3 heteroatoms. The highest BCUT2D eigenvalue weighted by Crippen LogP contribution is 2.04. The largest absolute Gasteiger partial charge is 0.309 e. The topological polar surface area (TPSA) is 29.9 Å². The molecule has 0 aliphatic rings. The lowest BCUT2D eigenvalue weighted by atomic mass is 10.1. The van der Waals surface area contributed by atoms with E-state index in [0.717, 1.165) is 6.54 Å². The predicted molar refractivity (Wildman–Crippen MR) is 63.7 cm³/mol. The summed E-state index contributed by atoms with van der Waals surface area (Å²) >= 11 is 0. The number of aryl methyl sites for hydroxylation is 1. The summed E-state index contributed by atoms with van der Waals surface area (Å²) in [7, 11) is 1.98. The number of nitrogens with one attached hydrogen (secondary N) is 1. The van der Waals surface area contributed by atoms with Crippen LogP contribution in [0.4, 0.5) is 0 Å². The molecular weight excluding hydrogens is 186 g/mol. The van der Waals surface area contributed by atoms with E-state index in [9.17, 15) is 0 Å². The third-order valence-electron chi connectivity index (χ3n) is 2.79. The average Bonchev–Trinajstić information content (AvgIpc) is 2.61. The van der Waals surface area contributed by atoms with E-state index in [0.29, 0.717) is 6.04 Å². The second-order valence-corrected chi connectivity index (χ2v) is 4.22. The number of nitrogens with zero attached hydrogens (tertiary/aromatic N) is 2. The van der Waals surface area contributed by atoms with Gasteiger partial charge in [-0.2, -0.15) is 5.10 Å². The summed E-state index contributed by atoms with van der Waals surface area (Å²) in [6.07, 6.45) is 7.09. The Balaban J connectivity index is 2.16. The lowest BCUT2D eigenvalue weighted by molar-refractivity contribution is 0.477. The molecule has 15 heavy (non-hydrogen) atoms. The lowest BCUT2D eigenvalue weighted by Crippen LogP contribution is -2.26. The minimum absolute atomic E-state index is 0.603. The molecule has 1 N–H and O–H groups in total. The molecule has 0 amide bonds. The molecule has 0 aromatic carbocycles. The van der Waals surface area contributed by atoms with Gasteiger partial charge in [0.2, 0.25) is 0 Å². The number of aromatic nitrogens is 2. The van der Waals surface area contributed by atoms with Crippen LogP contribution in [-0.2, 0) is 13.6 Å². The first kappa shape index (κ1) is 12.2. The van der Waals surface area contributed by atoms with Crippen molar-refractivity contribution in [1.82, 2.24) is 15.1 Å². The Labute approximate surface area is 92.9 Å². The van der Waals surface area contributed by atoms with Crippen molar-refractivity contribution < 1.29 is 0 Å². The Bertz CT molecular complexity index is 268. The molecule has 1 aromatic heterocycles. The average molecular weight is 209 g/mol. The van der Waals surface area contributed by atoms with E-state index in [1.165, 1.54) is 31.4 Å². The van der Waals surface area contributed by atoms with E-state index in [-0.39, 0.29) is 0 Å². The Morgan fingerprint density at radius 2 is 2.27 bits per heavy atom. The molecule has 0 radical (unpaired) electrons. The predicted octanol–water partition coefficient (Wildman–Crippen LogP) is 2.48. The minimum Gasteiger partial charge on any atom is -0.309 e. The summed E-state index contributed by atoms with van der Waals surface area (Å²) in [4.78, 5) is 0. The van der Waals surface area contributed by atoms with Crippen molar-refractivity contribution in [3.8, 4) is 0 Å². The number of rotatable bonds is 7. The van der Waals surface area contributed by atoms with Gasteiger partial charge in [-0.3, -0.25) is 4.68 Å². The SMILES string of the molecule is CCCCCC(C)NCc1ccnn1C. The summed E-state index contributed by atoms with van der Waals surface area (Å²) in [6, 6.07) is 2.66. The van der Waals surface area contributed by atoms with Crippen LogP contribution in [-0.4, -0.2) is 15.8 Å². The van der Waals surface area contributed by atoms with Crippen LogP contribution in [0.3, 0.4) is 0 Å². The first-order chi connectivity index (χ1) is 7.24. The fourth-order valence-electron chi connectivity index (χ4n) is 1.66. The summed E-state index contributed by atoms with van der Waals surface area (Å²) in [6.45, 7) is 5.42. The van der Waals surface area contributed by atoms with Crippen LogP contribution < -0.4 is 5.32 Å². The molecule has 0 fully saturated rings. The Kier molecular flexibility index (Phi) is 5.40. The quantitative estimate of drug-likeness (QED) is 0.699. The minimum atomic E-state index is 0.603. The van der Waals surface area contributed by atoms with E-state index >= 15 is 0 Å². The maximum Gasteiger partial charge on any atom is 0.0518 e. The lowest BCUT2D eigenvalue weighted by Gasteiger charge is -2.13. The normalized spacial score (nSPS) is 13.0. The molecule has 0 bridgehead atoms. The molecule has 0 aliphatic carbocycles. The molecule has 1 aromatic rings. The zero-order chi connectivity index (χ0) is 11.1. The molecule has 3 nitrogen and oxygen atoms in total. The van der Waals surface area contributed by atoms with Crippen LogP contribution in [0, 0.1) is 0 Å². The van der Waals surface area contributed by atoms with Crippen LogP contribution in [0.15, 0.2) is 12.3 Å². The molecule has 0 saturated heterocycles. The molecule has 0 spiro atoms. The highest BCUT2D eigenvalue weighted by Gasteiger charge is 2.02. The number of hydrogen-bond donors (Lipinski definition) is 1. The van der Waals surface area contributed by atoms with Gasteiger partial charge >= 0.3 is 0 Å². The molecule has 1 unspecified atom stereocenters. The second kappa shape index (κ2) is 6.62. The molecule has 0 aliphatic heterocycles. The van der Waals surface area contributed by atoms with E-state index in [1.54, 1.807) is 0 Å². The molecule has 86 valence electrons. The molecular formula is C12H23N3. The van der Waals surface area contributed by atoms with E-state index in [2.05, 4.69) is 30.3 Å². The smallest absolute Gasteiger partial charge is 0.0518 e. The maximum absolute atomic E-state index is 4.15. The number of unbranched alkanes of at least 4 members (excludes halogenated alkanes) is 2. The molecule has 0 saturated carbocycles. The first-order valence-corrected chi connectivity index (χ1v) is 5.94. The van der Waals surface area contributed by atoms with Crippen LogP contribution in [0.2, 0.25) is 0 Å². The molecule has 1 rings (SSSR count). The zero-order valence-electron chi connectivity index (χ0n) is 10.2. The van der Waals surface area contributed by atoms with Crippen molar-refractivity contribution in [2.45, 2.75) is 52.1 Å². The fourth-order valence-corrected chi connectivity index (χ4v) is 1.66. The van der Waals surface area contributed by atoms with Crippen LogP contribution in [0.25, 0.3) is 0 Å². The molecule has 1 atom stereocenters. The van der Waals surface area contributed by atoms with Crippen molar-refractivity contribution >= 4 is 0 Å². The number of hydrogen-bond acceptors (Lipinski definition) is 2. The summed E-state index contributed by atoms with van der Waals surface area (Å²) in [5.41, 5.74) is 1.25. The Morgan fingerprint density at radius 3 is 2.87 bits per heavy atom. The third-order valence-corrected chi connectivity index (χ3v) is 2.79. The van der Waals surface area contributed by atoms with E-state index < -0.39 is 0 Å². The monoisotopic (exact) mass is 209 g/mol. The highest BCUT2D eigenvalue weighted by atomic mass is 15.3. The standard InChI is InChI=1S/C12H23N3/c1-4-5-6-7-11(2)13-10-12-8-9-14-15(12)3/h8-9,11,13H,4-7,10H2,1-3H3. The summed E-state index contributed by atoms with van der Waals surface area (Å²) in [5, 5.41) is 7.67. The maximum atomic E-state index is 4.15. The van der Waals surface area contributed by atoms with Gasteiger partial charge in [0.25, 0.3) is 0 Å². The van der Waals surface area contributed by atoms with Gasteiger partial charge in [0.05, 0.1) is 5.69 Å². The Morgan fingerprint density at radius 1 is 1.47 bits per heavy atom. The van der Waals surface area contributed by atoms with Gasteiger partial charge in [0.15, 0.2) is 0 Å². The van der Waals surface area contributed by atoms with Crippen molar-refractivity contribution in [2.75, 3.05) is 0 Å². The second-order valence-electron chi connectivity index (χ2n) is 4.22.